The van der Waals surface area contributed by atoms with Gasteiger partial charge in [0.15, 0.2) is 0 Å². The normalized spacial score (nSPS) is 11.8. The van der Waals surface area contributed by atoms with Crippen LogP contribution in [0.5, 0.6) is 5.75 Å². The molecule has 3 rings (SSSR count). The average molecular weight is 479 g/mol. The van der Waals surface area contributed by atoms with Crippen LogP contribution in [0.4, 0.5) is 13.2 Å². The molecule has 176 valence electrons. The maximum Gasteiger partial charge on any atom is 0.573 e. The highest BCUT2D eigenvalue weighted by Crippen LogP contribution is 2.24. The molecule has 8 heteroatoms. The van der Waals surface area contributed by atoms with Crippen molar-refractivity contribution < 1.29 is 17.9 Å². The molecule has 0 unspecified atom stereocenters. The fourth-order valence-electron chi connectivity index (χ4n) is 3.78. The van der Waals surface area contributed by atoms with Gasteiger partial charge in [-0.3, -0.25) is 4.79 Å². The quantitative estimate of drug-likeness (QED) is 0.414. The van der Waals surface area contributed by atoms with Crippen LogP contribution in [0.15, 0.2) is 53.3 Å². The molecule has 1 heterocycles. The number of H-pyrrole nitrogens is 1. The van der Waals surface area contributed by atoms with Crippen LogP contribution in [0.1, 0.15) is 28.9 Å². The number of nitrogens with one attached hydrogen (secondary N) is 1. The van der Waals surface area contributed by atoms with E-state index in [2.05, 4.69) is 14.6 Å². The number of hydrogen-bond donors (Lipinski definition) is 1. The summed E-state index contributed by atoms with van der Waals surface area (Å²) in [7, 11) is 1.97. The van der Waals surface area contributed by atoms with Crippen molar-refractivity contribution in [1.29, 1.82) is 0 Å². The standard InChI is InChI=1S/C25H26ClF3N2O2/c1-16-22(24(32)23(26)17(2)30-16)20-10-6-18(7-11-20)5-4-14-31(3)15-19-8-12-21(13-9-19)33-25(27,28)29/h6-13H,4-5,14-15H2,1-3H3,(H,30,32). The first-order valence-electron chi connectivity index (χ1n) is 10.5. The van der Waals surface area contributed by atoms with Crippen LogP contribution in [0, 0.1) is 13.8 Å². The molecular weight excluding hydrogens is 453 g/mol. The number of ether oxygens (including phenoxy) is 1. The van der Waals surface area contributed by atoms with Gasteiger partial charge < -0.3 is 14.6 Å². The molecule has 0 bridgehead atoms. The fraction of sp³-hybridized carbons (Fsp3) is 0.320. The van der Waals surface area contributed by atoms with E-state index in [9.17, 15) is 18.0 Å². The van der Waals surface area contributed by atoms with Crippen molar-refractivity contribution >= 4 is 11.6 Å². The van der Waals surface area contributed by atoms with Gasteiger partial charge in [0.05, 0.1) is 0 Å². The number of halogens is 4. The Hall–Kier alpha value is -2.77. The van der Waals surface area contributed by atoms with Gasteiger partial charge in [0.2, 0.25) is 5.43 Å². The van der Waals surface area contributed by atoms with Crippen LogP contribution in [-0.4, -0.2) is 29.8 Å². The number of aromatic nitrogens is 1. The second-order valence-corrected chi connectivity index (χ2v) is 8.50. The number of rotatable bonds is 8. The van der Waals surface area contributed by atoms with Crippen molar-refractivity contribution in [2.75, 3.05) is 13.6 Å². The summed E-state index contributed by atoms with van der Waals surface area (Å²) in [5.41, 5.74) is 4.76. The summed E-state index contributed by atoms with van der Waals surface area (Å²) in [5.74, 6) is -0.220. The third-order valence-corrected chi connectivity index (χ3v) is 5.82. The largest absolute Gasteiger partial charge is 0.573 e. The summed E-state index contributed by atoms with van der Waals surface area (Å²) in [5, 5.41) is 0.213. The van der Waals surface area contributed by atoms with Crippen molar-refractivity contribution in [3.05, 3.63) is 86.3 Å². The van der Waals surface area contributed by atoms with Crippen LogP contribution >= 0.6 is 11.6 Å². The van der Waals surface area contributed by atoms with Crippen LogP contribution < -0.4 is 10.2 Å². The molecule has 0 fully saturated rings. The molecule has 3 aromatic rings. The van der Waals surface area contributed by atoms with E-state index >= 15 is 0 Å². The first kappa shape index (κ1) is 24.9. The highest BCUT2D eigenvalue weighted by atomic mass is 35.5. The summed E-state index contributed by atoms with van der Waals surface area (Å²) < 4.78 is 40.7. The Morgan fingerprint density at radius 3 is 2.18 bits per heavy atom. The highest BCUT2D eigenvalue weighted by Gasteiger charge is 2.30. The van der Waals surface area contributed by atoms with Crippen LogP contribution in [0.3, 0.4) is 0 Å². The van der Waals surface area contributed by atoms with Gasteiger partial charge in [0.25, 0.3) is 0 Å². The second kappa shape index (κ2) is 10.4. The van der Waals surface area contributed by atoms with E-state index in [4.69, 9.17) is 11.6 Å². The SMILES string of the molecule is Cc1[nH]c(C)c(-c2ccc(CCCN(C)Cc3ccc(OC(F)(F)F)cc3)cc2)c(=O)c1Cl. The maximum absolute atomic E-state index is 12.6. The first-order valence-corrected chi connectivity index (χ1v) is 10.9. The third-order valence-electron chi connectivity index (χ3n) is 5.36. The topological polar surface area (TPSA) is 45.3 Å². The lowest BCUT2D eigenvalue weighted by Crippen LogP contribution is -2.20. The van der Waals surface area contributed by atoms with E-state index in [0.717, 1.165) is 41.8 Å². The van der Waals surface area contributed by atoms with Crippen molar-refractivity contribution in [2.45, 2.75) is 39.6 Å². The van der Waals surface area contributed by atoms with Gasteiger partial charge >= 0.3 is 6.36 Å². The van der Waals surface area contributed by atoms with Crippen molar-refractivity contribution in [3.8, 4) is 16.9 Å². The van der Waals surface area contributed by atoms with Crippen LogP contribution in [-0.2, 0) is 13.0 Å². The van der Waals surface area contributed by atoms with Crippen LogP contribution in [0.2, 0.25) is 5.02 Å². The van der Waals surface area contributed by atoms with E-state index in [1.165, 1.54) is 12.1 Å². The Balaban J connectivity index is 1.52. The monoisotopic (exact) mass is 478 g/mol. The molecule has 2 aromatic carbocycles. The highest BCUT2D eigenvalue weighted by molar-refractivity contribution is 6.31. The average Bonchev–Trinajstić information content (AvgIpc) is 2.74. The van der Waals surface area contributed by atoms with Gasteiger partial charge in [-0.1, -0.05) is 48.0 Å². The molecule has 0 atom stereocenters. The minimum Gasteiger partial charge on any atom is -0.406 e. The third kappa shape index (κ3) is 6.85. The van der Waals surface area contributed by atoms with Crippen LogP contribution in [0.25, 0.3) is 11.1 Å². The number of alkyl halides is 3. The molecule has 0 saturated heterocycles. The Kier molecular flexibility index (Phi) is 7.87. The zero-order valence-corrected chi connectivity index (χ0v) is 19.5. The Morgan fingerprint density at radius 2 is 1.58 bits per heavy atom. The van der Waals surface area contributed by atoms with E-state index < -0.39 is 6.36 Å². The number of hydrogen-bond acceptors (Lipinski definition) is 3. The zero-order chi connectivity index (χ0) is 24.2. The number of nitrogens with zero attached hydrogens (tertiary/aromatic N) is 1. The van der Waals surface area contributed by atoms with Gasteiger partial charge in [-0.15, -0.1) is 13.2 Å². The van der Waals surface area contributed by atoms with Crippen molar-refractivity contribution in [3.63, 3.8) is 0 Å². The number of aromatic amines is 1. The Morgan fingerprint density at radius 1 is 0.970 bits per heavy atom. The Labute approximate surface area is 196 Å². The molecule has 0 aliphatic carbocycles. The molecule has 1 aromatic heterocycles. The minimum absolute atomic E-state index is 0.169. The summed E-state index contributed by atoms with van der Waals surface area (Å²) in [4.78, 5) is 17.8. The van der Waals surface area contributed by atoms with Gasteiger partial charge in [-0.2, -0.15) is 0 Å². The smallest absolute Gasteiger partial charge is 0.406 e. The van der Waals surface area contributed by atoms with E-state index in [1.54, 1.807) is 19.1 Å². The Bertz CT molecular complexity index is 1140. The van der Waals surface area contributed by atoms with E-state index in [0.29, 0.717) is 17.8 Å². The predicted octanol–water partition coefficient (Wildman–Crippen LogP) is 6.28. The maximum atomic E-state index is 12.6. The molecule has 0 aliphatic heterocycles. The number of aryl methyl sites for hydroxylation is 3. The first-order chi connectivity index (χ1) is 15.5. The minimum atomic E-state index is -4.68. The molecule has 0 saturated carbocycles. The lowest BCUT2D eigenvalue weighted by Gasteiger charge is -2.17. The molecule has 33 heavy (non-hydrogen) atoms. The number of pyridine rings is 1. The second-order valence-electron chi connectivity index (χ2n) is 8.12. The van der Waals surface area contributed by atoms with Gasteiger partial charge in [-0.25, -0.2) is 0 Å². The molecular formula is C25H26ClF3N2O2. The van der Waals surface area contributed by atoms with Gasteiger partial charge in [0, 0.05) is 23.5 Å². The number of benzene rings is 2. The van der Waals surface area contributed by atoms with E-state index in [-0.39, 0.29) is 16.2 Å². The van der Waals surface area contributed by atoms with Gasteiger partial charge in [0.1, 0.15) is 10.8 Å². The van der Waals surface area contributed by atoms with Crippen molar-refractivity contribution in [2.24, 2.45) is 0 Å². The predicted molar refractivity (Wildman–Crippen MR) is 125 cm³/mol. The summed E-state index contributed by atoms with van der Waals surface area (Å²) in [6, 6.07) is 13.8. The summed E-state index contributed by atoms with van der Waals surface area (Å²) in [6.45, 7) is 5.09. The fourth-order valence-corrected chi connectivity index (χ4v) is 3.92. The lowest BCUT2D eigenvalue weighted by atomic mass is 10.0. The zero-order valence-electron chi connectivity index (χ0n) is 18.7. The van der Waals surface area contributed by atoms with Crippen molar-refractivity contribution in [1.82, 2.24) is 9.88 Å². The molecule has 1 N–H and O–H groups in total. The lowest BCUT2D eigenvalue weighted by molar-refractivity contribution is -0.274. The molecule has 0 spiro atoms. The molecule has 0 amide bonds. The molecule has 4 nitrogen and oxygen atoms in total. The van der Waals surface area contributed by atoms with Gasteiger partial charge in [-0.05, 0) is 69.1 Å². The molecule has 0 aliphatic rings. The molecule has 0 radical (unpaired) electrons. The summed E-state index contributed by atoms with van der Waals surface area (Å²) >= 11 is 6.13. The summed E-state index contributed by atoms with van der Waals surface area (Å²) in [6.07, 6.45) is -2.90. The van der Waals surface area contributed by atoms with E-state index in [1.807, 2.05) is 38.2 Å².